The third kappa shape index (κ3) is 4.40. The molecule has 1 fully saturated rings. The first-order chi connectivity index (χ1) is 14.2. The highest BCUT2D eigenvalue weighted by molar-refractivity contribution is 5.76. The number of nitrogens with one attached hydrogen (secondary N) is 1. The molecule has 1 aromatic heterocycles. The van der Waals surface area contributed by atoms with Crippen LogP contribution < -0.4 is 5.32 Å². The summed E-state index contributed by atoms with van der Waals surface area (Å²) in [5.41, 5.74) is 0.645. The second-order valence-corrected chi connectivity index (χ2v) is 10.2. The van der Waals surface area contributed by atoms with Gasteiger partial charge in [0.05, 0.1) is 5.69 Å². The van der Waals surface area contributed by atoms with Crippen LogP contribution in [0.25, 0.3) is 0 Å². The number of carbonyl (C=O) groups is 1. The number of likely N-dealkylation sites (tertiary alicyclic amines) is 1. The molecule has 1 aromatic rings. The molecule has 3 aliphatic rings. The molecule has 0 spiro atoms. The van der Waals surface area contributed by atoms with E-state index in [0.717, 1.165) is 44.5 Å². The summed E-state index contributed by atoms with van der Waals surface area (Å²) in [6, 6.07) is 1.03. The van der Waals surface area contributed by atoms with Gasteiger partial charge in [-0.1, -0.05) is 32.9 Å². The van der Waals surface area contributed by atoms with Crippen molar-refractivity contribution in [2.75, 3.05) is 18.4 Å². The van der Waals surface area contributed by atoms with Crippen LogP contribution in [0.1, 0.15) is 71.0 Å². The molecule has 1 amide bonds. The lowest BCUT2D eigenvalue weighted by atomic mass is 9.84. The lowest BCUT2D eigenvalue weighted by Crippen LogP contribution is -2.46. The van der Waals surface area contributed by atoms with Crippen LogP contribution in [0.4, 0.5) is 14.6 Å². The molecular weight excluding hydrogens is 386 g/mol. The normalized spacial score (nSPS) is 27.4. The lowest BCUT2D eigenvalue weighted by Gasteiger charge is -2.40. The monoisotopic (exact) mass is 420 g/mol. The van der Waals surface area contributed by atoms with Gasteiger partial charge in [-0.2, -0.15) is 5.10 Å². The number of hydrogen-bond donors (Lipinski definition) is 1. The zero-order valence-corrected chi connectivity index (χ0v) is 18.3. The number of piperidine rings is 1. The van der Waals surface area contributed by atoms with Gasteiger partial charge in [0.1, 0.15) is 11.9 Å². The molecule has 2 aliphatic heterocycles. The molecule has 3 atom stereocenters. The Morgan fingerprint density at radius 2 is 2.00 bits per heavy atom. The first kappa shape index (κ1) is 21.3. The summed E-state index contributed by atoms with van der Waals surface area (Å²) in [5.74, 6) is 1.62. The Morgan fingerprint density at radius 1 is 1.27 bits per heavy atom. The average Bonchev–Trinajstić information content (AvgIpc) is 3.36. The average molecular weight is 421 g/mol. The molecule has 0 bridgehead atoms. The van der Waals surface area contributed by atoms with Gasteiger partial charge in [0.15, 0.2) is 0 Å². The maximum Gasteiger partial charge on any atom is 0.260 e. The van der Waals surface area contributed by atoms with E-state index in [4.69, 9.17) is 0 Å². The number of amides is 1. The summed E-state index contributed by atoms with van der Waals surface area (Å²) in [6.45, 7) is 7.59. The van der Waals surface area contributed by atoms with Crippen molar-refractivity contribution in [3.05, 3.63) is 23.9 Å². The topological polar surface area (TPSA) is 50.2 Å². The minimum atomic E-state index is -2.44. The smallest absolute Gasteiger partial charge is 0.260 e. The second kappa shape index (κ2) is 8.31. The summed E-state index contributed by atoms with van der Waals surface area (Å²) in [4.78, 5) is 14.6. The molecule has 3 heterocycles. The Bertz CT molecular complexity index is 790. The van der Waals surface area contributed by atoms with E-state index in [9.17, 15) is 13.6 Å². The molecule has 1 N–H and O–H groups in total. The number of fused-ring (bicyclic) bond motifs is 1. The number of hydrogen-bond acceptors (Lipinski definition) is 3. The minimum absolute atomic E-state index is 0.00367. The number of halogens is 2. The first-order valence-electron chi connectivity index (χ1n) is 11.3. The van der Waals surface area contributed by atoms with E-state index in [-0.39, 0.29) is 17.4 Å². The van der Waals surface area contributed by atoms with Crippen LogP contribution in [-0.4, -0.2) is 46.1 Å². The molecule has 4 rings (SSSR count). The van der Waals surface area contributed by atoms with Crippen LogP contribution in [0, 0.1) is 11.8 Å². The van der Waals surface area contributed by atoms with Gasteiger partial charge in [0.25, 0.3) is 6.43 Å². The van der Waals surface area contributed by atoms with Crippen molar-refractivity contribution in [3.8, 4) is 0 Å². The SMILES string of the molecule is CC(C)(C)c1cc2n(n1)[C@@H](C(F)F)C[C@@H](C1CCN(C(=O)C[C@@H]3C=CCC3)CC1)N2. The van der Waals surface area contributed by atoms with E-state index in [1.54, 1.807) is 0 Å². The fourth-order valence-electron chi connectivity index (χ4n) is 5.02. The molecule has 0 radical (unpaired) electrons. The van der Waals surface area contributed by atoms with Gasteiger partial charge in [-0.15, -0.1) is 0 Å². The number of anilines is 1. The number of rotatable bonds is 4. The van der Waals surface area contributed by atoms with Crippen LogP contribution in [-0.2, 0) is 10.2 Å². The summed E-state index contributed by atoms with van der Waals surface area (Å²) in [5, 5.41) is 8.01. The fourth-order valence-corrected chi connectivity index (χ4v) is 5.02. The lowest BCUT2D eigenvalue weighted by molar-refractivity contribution is -0.133. The van der Waals surface area contributed by atoms with Crippen LogP contribution >= 0.6 is 0 Å². The van der Waals surface area contributed by atoms with Crippen molar-refractivity contribution in [2.24, 2.45) is 11.8 Å². The molecule has 166 valence electrons. The Labute approximate surface area is 177 Å². The molecule has 0 unspecified atom stereocenters. The van der Waals surface area contributed by atoms with Crippen molar-refractivity contribution in [1.29, 1.82) is 0 Å². The van der Waals surface area contributed by atoms with Crippen LogP contribution in [0.2, 0.25) is 0 Å². The van der Waals surface area contributed by atoms with Crippen molar-refractivity contribution in [3.63, 3.8) is 0 Å². The number of allylic oxidation sites excluding steroid dienone is 2. The maximum absolute atomic E-state index is 13.9. The Kier molecular flexibility index (Phi) is 5.90. The quantitative estimate of drug-likeness (QED) is 0.714. The molecule has 5 nitrogen and oxygen atoms in total. The van der Waals surface area contributed by atoms with E-state index in [1.165, 1.54) is 4.68 Å². The van der Waals surface area contributed by atoms with Crippen molar-refractivity contribution < 1.29 is 13.6 Å². The molecule has 0 aromatic carbocycles. The van der Waals surface area contributed by atoms with Gasteiger partial charge in [-0.05, 0) is 43.9 Å². The zero-order valence-electron chi connectivity index (χ0n) is 18.3. The molecule has 0 saturated carbocycles. The number of carbonyl (C=O) groups excluding carboxylic acids is 1. The van der Waals surface area contributed by atoms with Crippen molar-refractivity contribution in [1.82, 2.24) is 14.7 Å². The van der Waals surface area contributed by atoms with Gasteiger partial charge in [-0.25, -0.2) is 13.5 Å². The number of nitrogens with zero attached hydrogens (tertiary/aromatic N) is 3. The predicted octanol–water partition coefficient (Wildman–Crippen LogP) is 4.77. The standard InChI is InChI=1S/C23H34F2N4O/c1-23(2,3)19-14-20-26-17(13-18(22(24)25)29(20)27-19)16-8-10-28(11-9-16)21(30)12-15-6-4-5-7-15/h4,6,14-18,22,26H,5,7-13H2,1-3H3/t15-,17+,18-/m1/s1. The molecule has 7 heteroatoms. The molecule has 1 saturated heterocycles. The van der Waals surface area contributed by atoms with Gasteiger partial charge in [-0.3, -0.25) is 4.79 Å². The third-order valence-corrected chi connectivity index (χ3v) is 6.95. The largest absolute Gasteiger partial charge is 0.367 e. The highest BCUT2D eigenvalue weighted by atomic mass is 19.3. The summed E-state index contributed by atoms with van der Waals surface area (Å²) >= 11 is 0. The number of aromatic nitrogens is 2. The first-order valence-corrected chi connectivity index (χ1v) is 11.3. The maximum atomic E-state index is 13.9. The van der Waals surface area contributed by atoms with E-state index in [1.807, 2.05) is 31.7 Å². The highest BCUT2D eigenvalue weighted by Gasteiger charge is 2.39. The minimum Gasteiger partial charge on any atom is -0.367 e. The Balaban J connectivity index is 1.40. The van der Waals surface area contributed by atoms with Gasteiger partial charge < -0.3 is 10.2 Å². The van der Waals surface area contributed by atoms with Gasteiger partial charge in [0.2, 0.25) is 5.91 Å². The zero-order chi connectivity index (χ0) is 21.5. The van der Waals surface area contributed by atoms with Crippen LogP contribution in [0.15, 0.2) is 18.2 Å². The second-order valence-electron chi connectivity index (χ2n) is 10.2. The van der Waals surface area contributed by atoms with Gasteiger partial charge >= 0.3 is 0 Å². The predicted molar refractivity (Wildman–Crippen MR) is 114 cm³/mol. The van der Waals surface area contributed by atoms with Crippen LogP contribution in [0.5, 0.6) is 0 Å². The summed E-state index contributed by atoms with van der Waals surface area (Å²) in [6.07, 6.45) is 6.73. The Morgan fingerprint density at radius 3 is 2.60 bits per heavy atom. The van der Waals surface area contributed by atoms with E-state index in [2.05, 4.69) is 22.6 Å². The van der Waals surface area contributed by atoms with E-state index in [0.29, 0.717) is 30.5 Å². The summed E-state index contributed by atoms with van der Waals surface area (Å²) in [7, 11) is 0. The molecular formula is C23H34F2N4O. The fraction of sp³-hybridized carbons (Fsp3) is 0.739. The highest BCUT2D eigenvalue weighted by Crippen LogP contribution is 2.38. The molecule has 1 aliphatic carbocycles. The van der Waals surface area contributed by atoms with Crippen LogP contribution in [0.3, 0.4) is 0 Å². The van der Waals surface area contributed by atoms with E-state index >= 15 is 0 Å². The van der Waals surface area contributed by atoms with Crippen molar-refractivity contribution in [2.45, 2.75) is 83.2 Å². The van der Waals surface area contributed by atoms with Crippen molar-refractivity contribution >= 4 is 11.7 Å². The number of alkyl halides is 2. The van der Waals surface area contributed by atoms with E-state index < -0.39 is 12.5 Å². The summed E-state index contributed by atoms with van der Waals surface area (Å²) < 4.78 is 29.2. The van der Waals surface area contributed by atoms with Gasteiger partial charge in [0, 0.05) is 37.0 Å². The Hall–Kier alpha value is -1.92. The molecule has 30 heavy (non-hydrogen) atoms. The third-order valence-electron chi connectivity index (χ3n) is 6.95.